The van der Waals surface area contributed by atoms with E-state index in [2.05, 4.69) is 68.5 Å². The normalized spacial score (nSPS) is 21.1. The van der Waals surface area contributed by atoms with E-state index in [1.165, 1.54) is 0 Å². The Labute approximate surface area is 412 Å². The standard InChI is InChI=1S/C50H55BrF2N11O4P/c1-61-29-31(26-56-61)36-24-41(58-50-55-27-37(51)48(60-50)57-42-28-54-40-7-5-4-6-34(40)47(42)69(2,3)67)44(68-33-8-9-33)25-43(36)64-16-13-32(14-17-64)63-20-18-62(19-21-63)15-12-30-22-38(52)46(39(53)23-30)35-10-11-45(65)59-49(35)66/h4-7,22-29,32-33,35H,8-21H2,1-3H3,(H,59,65,66)(H2,55,57,58,60)/i11D2,35D. The van der Waals surface area contributed by atoms with Gasteiger partial charge in [-0.25, -0.2) is 13.8 Å². The molecule has 0 spiro atoms. The molecule has 3 N–H and O–H groups in total. The maximum absolute atomic E-state index is 15.4. The highest BCUT2D eigenvalue weighted by molar-refractivity contribution is 9.10. The van der Waals surface area contributed by atoms with E-state index in [-0.39, 0.29) is 6.10 Å². The summed E-state index contributed by atoms with van der Waals surface area (Å²) in [6.07, 6.45) is 7.88. The summed E-state index contributed by atoms with van der Waals surface area (Å²) in [6, 6.07) is 14.5. The van der Waals surface area contributed by atoms with E-state index in [9.17, 15) is 14.2 Å². The minimum absolute atomic E-state index is 0.104. The molecule has 3 saturated heterocycles. The number of piperidine rings is 2. The third kappa shape index (κ3) is 10.4. The van der Waals surface area contributed by atoms with E-state index in [4.69, 9.17) is 13.8 Å². The first-order valence-electron chi connectivity index (χ1n) is 24.7. The molecule has 6 heterocycles. The number of aryl methyl sites for hydroxylation is 1. The molecule has 1 aliphatic carbocycles. The summed E-state index contributed by atoms with van der Waals surface area (Å²) < 4.78 is 77.9. The number of anilines is 5. The second kappa shape index (κ2) is 19.5. The van der Waals surface area contributed by atoms with Gasteiger partial charge in [0.25, 0.3) is 0 Å². The first kappa shape index (κ1) is 43.2. The number of rotatable bonds is 14. The number of carbonyl (C=O) groups is 2. The van der Waals surface area contributed by atoms with Gasteiger partial charge in [0.15, 0.2) is 0 Å². The maximum atomic E-state index is 15.4. The van der Waals surface area contributed by atoms with Crippen molar-refractivity contribution in [3.8, 4) is 16.9 Å². The molecule has 3 aliphatic heterocycles. The number of nitrogens with zero attached hydrogens (tertiary/aromatic N) is 8. The monoisotopic (exact) mass is 1020 g/mol. The third-order valence-electron chi connectivity index (χ3n) is 13.2. The number of para-hydroxylation sites is 1. The zero-order chi connectivity index (χ0) is 50.7. The van der Waals surface area contributed by atoms with Gasteiger partial charge in [0.05, 0.1) is 45.8 Å². The van der Waals surface area contributed by atoms with Gasteiger partial charge in [0.2, 0.25) is 17.8 Å². The van der Waals surface area contributed by atoms with E-state index >= 15 is 8.78 Å². The minimum Gasteiger partial charge on any atom is -0.488 e. The summed E-state index contributed by atoms with van der Waals surface area (Å²) in [4.78, 5) is 45.9. The Bertz CT molecular complexity index is 3120. The maximum Gasteiger partial charge on any atom is 0.234 e. The first-order chi connectivity index (χ1) is 34.3. The van der Waals surface area contributed by atoms with Crippen LogP contribution in [0.1, 0.15) is 59.6 Å². The van der Waals surface area contributed by atoms with Crippen molar-refractivity contribution < 1.29 is 31.8 Å². The number of ether oxygens (including phenoxy) is 1. The summed E-state index contributed by atoms with van der Waals surface area (Å²) in [5.74, 6) is -5.83. The number of halogens is 3. The largest absolute Gasteiger partial charge is 0.488 e. The summed E-state index contributed by atoms with van der Waals surface area (Å²) in [5.41, 5.74) is 4.55. The number of aromatic nitrogens is 5. The molecule has 1 saturated carbocycles. The average molecular weight is 1030 g/mol. The Balaban J connectivity index is 0.812. The zero-order valence-electron chi connectivity index (χ0n) is 41.6. The second-order valence-corrected chi connectivity index (χ2v) is 22.5. The van der Waals surface area contributed by atoms with Gasteiger partial charge in [-0.2, -0.15) is 10.1 Å². The van der Waals surface area contributed by atoms with E-state index in [1.54, 1.807) is 35.7 Å². The fraction of sp³-hybridized carbons (Fsp3) is 0.400. The van der Waals surface area contributed by atoms with Gasteiger partial charge in [0, 0.05) is 121 Å². The number of fused-ring (bicyclic) bond motifs is 1. The van der Waals surface area contributed by atoms with Gasteiger partial charge in [-0.05, 0) is 97.6 Å². The number of amides is 2. The van der Waals surface area contributed by atoms with Crippen molar-refractivity contribution in [3.05, 3.63) is 101 Å². The lowest BCUT2D eigenvalue weighted by molar-refractivity contribution is -0.134. The number of carbonyl (C=O) groups excluding carboxylic acids is 2. The Morgan fingerprint density at radius 1 is 0.928 bits per heavy atom. The molecule has 15 nitrogen and oxygen atoms in total. The molecule has 4 fully saturated rings. The lowest BCUT2D eigenvalue weighted by atomic mass is 9.89. The molecule has 3 aromatic carbocycles. The van der Waals surface area contributed by atoms with Crippen LogP contribution >= 0.6 is 23.1 Å². The van der Waals surface area contributed by atoms with Crippen molar-refractivity contribution >= 4 is 79.9 Å². The van der Waals surface area contributed by atoms with Gasteiger partial charge in [-0.3, -0.25) is 29.5 Å². The van der Waals surface area contributed by atoms with Crippen molar-refractivity contribution in [2.24, 2.45) is 7.05 Å². The van der Waals surface area contributed by atoms with Crippen LogP contribution < -0.4 is 30.9 Å². The quantitative estimate of drug-likeness (QED) is 0.0710. The molecular formula is C50H55BrF2N11O4P. The highest BCUT2D eigenvalue weighted by atomic mass is 79.9. The topological polar surface area (TPSA) is 163 Å². The lowest BCUT2D eigenvalue weighted by Crippen LogP contribution is -2.53. The first-order valence-corrected chi connectivity index (χ1v) is 26.6. The van der Waals surface area contributed by atoms with E-state index in [0.717, 1.165) is 105 Å². The number of imide groups is 1. The minimum atomic E-state index is -2.77. The molecule has 69 heavy (non-hydrogen) atoms. The smallest absolute Gasteiger partial charge is 0.234 e. The Morgan fingerprint density at radius 3 is 2.39 bits per heavy atom. The Morgan fingerprint density at radius 2 is 1.68 bits per heavy atom. The molecule has 0 radical (unpaired) electrons. The third-order valence-corrected chi connectivity index (χ3v) is 15.4. The highest BCUT2D eigenvalue weighted by Gasteiger charge is 2.34. The number of hydrogen-bond donors (Lipinski definition) is 3. The molecule has 10 rings (SSSR count). The summed E-state index contributed by atoms with van der Waals surface area (Å²) >= 11 is 3.62. The average Bonchev–Trinajstić information content (AvgIpc) is 4.06. The molecule has 19 heteroatoms. The molecule has 0 bridgehead atoms. The summed E-state index contributed by atoms with van der Waals surface area (Å²) in [6.45, 7) is 8.95. The van der Waals surface area contributed by atoms with Crippen LogP contribution in [0.2, 0.25) is 0 Å². The number of nitrogens with one attached hydrogen (secondary N) is 3. The molecule has 3 aromatic heterocycles. The van der Waals surface area contributed by atoms with Crippen LogP contribution in [-0.2, 0) is 27.6 Å². The predicted molar refractivity (Wildman–Crippen MR) is 268 cm³/mol. The summed E-state index contributed by atoms with van der Waals surface area (Å²) in [5, 5.41) is 14.7. The van der Waals surface area contributed by atoms with Crippen LogP contribution in [0, 0.1) is 11.6 Å². The van der Waals surface area contributed by atoms with Crippen molar-refractivity contribution in [1.82, 2.24) is 39.8 Å². The molecule has 1 atom stereocenters. The van der Waals surface area contributed by atoms with Crippen LogP contribution in [0.15, 0.2) is 77.8 Å². The second-order valence-electron chi connectivity index (χ2n) is 18.5. The Kier molecular flexibility index (Phi) is 12.2. The molecule has 4 aliphatic rings. The van der Waals surface area contributed by atoms with Crippen LogP contribution in [0.5, 0.6) is 5.75 Å². The SMILES string of the molecule is [2H]C1([2H])CC([2H])(c2c(F)cc(CCN3CCN(C4CCN(c5cc(OC6CC6)c(Nc6ncc(Br)c(Nc7cnc8ccccc8c7P(C)(C)=O)n6)cc5-c5cnn(C)c5)CC4)CC3)cc2F)C(=O)NC1=O. The number of hydrogen-bond acceptors (Lipinski definition) is 13. The fourth-order valence-electron chi connectivity index (χ4n) is 9.59. The molecule has 1 unspecified atom stereocenters. The van der Waals surface area contributed by atoms with Crippen molar-refractivity contribution in [2.75, 3.05) is 74.7 Å². The molecule has 6 aromatic rings. The summed E-state index contributed by atoms with van der Waals surface area (Å²) in [7, 11) is -0.874. The van der Waals surface area contributed by atoms with E-state index in [1.807, 2.05) is 43.7 Å². The zero-order valence-corrected chi connectivity index (χ0v) is 41.0. The van der Waals surface area contributed by atoms with Crippen LogP contribution in [0.4, 0.5) is 37.6 Å². The van der Waals surface area contributed by atoms with Crippen LogP contribution in [0.3, 0.4) is 0 Å². The van der Waals surface area contributed by atoms with Crippen LogP contribution in [0.25, 0.3) is 22.0 Å². The van der Waals surface area contributed by atoms with Gasteiger partial charge < -0.3 is 29.7 Å². The number of pyridine rings is 1. The molecular weight excluding hydrogens is 967 g/mol. The fourth-order valence-corrected chi connectivity index (χ4v) is 11.3. The number of benzene rings is 3. The lowest BCUT2D eigenvalue weighted by Gasteiger charge is -2.43. The number of piperazine rings is 1. The predicted octanol–water partition coefficient (Wildman–Crippen LogP) is 8.09. The highest BCUT2D eigenvalue weighted by Crippen LogP contribution is 2.45. The van der Waals surface area contributed by atoms with Gasteiger partial charge in [0.1, 0.15) is 30.3 Å². The van der Waals surface area contributed by atoms with Crippen molar-refractivity contribution in [3.63, 3.8) is 0 Å². The van der Waals surface area contributed by atoms with E-state index < -0.39 is 54.8 Å². The van der Waals surface area contributed by atoms with E-state index in [0.29, 0.717) is 63.2 Å². The van der Waals surface area contributed by atoms with Crippen molar-refractivity contribution in [1.29, 1.82) is 0 Å². The molecule has 2 amide bonds. The van der Waals surface area contributed by atoms with Gasteiger partial charge in [-0.15, -0.1) is 0 Å². The molecule has 360 valence electrons. The van der Waals surface area contributed by atoms with Crippen molar-refractivity contribution in [2.45, 2.75) is 62.9 Å². The Hall–Kier alpha value is -5.81. The van der Waals surface area contributed by atoms with Gasteiger partial charge >= 0.3 is 0 Å². The van der Waals surface area contributed by atoms with Gasteiger partial charge in [-0.1, -0.05) is 18.2 Å². The van der Waals surface area contributed by atoms with Crippen LogP contribution in [-0.4, -0.2) is 118 Å².